The van der Waals surface area contributed by atoms with E-state index in [2.05, 4.69) is 5.32 Å². The lowest BCUT2D eigenvalue weighted by atomic mass is 10.2. The van der Waals surface area contributed by atoms with Crippen molar-refractivity contribution in [2.24, 2.45) is 0 Å². The minimum atomic E-state index is -0.380. The zero-order valence-corrected chi connectivity index (χ0v) is 19.0. The molecule has 4 rings (SSSR count). The number of thioether (sulfide) groups is 1. The first-order chi connectivity index (χ1) is 15.5. The van der Waals surface area contributed by atoms with Crippen LogP contribution in [0.4, 0.5) is 11.4 Å². The normalized spacial score (nSPS) is 13.7. The number of nitrogens with one attached hydrogen (secondary N) is 1. The number of ether oxygens (including phenoxy) is 1. The van der Waals surface area contributed by atoms with E-state index in [1.807, 2.05) is 69.3 Å². The summed E-state index contributed by atoms with van der Waals surface area (Å²) >= 11 is 1.29. The molecule has 5 nitrogen and oxygen atoms in total. The Morgan fingerprint density at radius 3 is 2.00 bits per heavy atom. The second-order valence-corrected chi connectivity index (χ2v) is 8.57. The van der Waals surface area contributed by atoms with Crippen LogP contribution >= 0.6 is 11.8 Å². The first kappa shape index (κ1) is 21.7. The summed E-state index contributed by atoms with van der Waals surface area (Å²) in [7, 11) is 0. The SMILES string of the molecule is CCOc1ccc(N2C(=O)C(Nc3ccc(C)cc3)=C(Sc3ccc(C)cc3)C2=O)cc1. The predicted octanol–water partition coefficient (Wildman–Crippen LogP) is 5.69. The fourth-order valence-electron chi connectivity index (χ4n) is 3.31. The maximum absolute atomic E-state index is 13.4. The molecule has 0 saturated heterocycles. The van der Waals surface area contributed by atoms with Crippen molar-refractivity contribution >= 4 is 35.0 Å². The quantitative estimate of drug-likeness (QED) is 0.474. The van der Waals surface area contributed by atoms with Gasteiger partial charge in [-0.25, -0.2) is 4.90 Å². The third kappa shape index (κ3) is 4.55. The van der Waals surface area contributed by atoms with Gasteiger partial charge in [-0.15, -0.1) is 0 Å². The highest BCUT2D eigenvalue weighted by molar-refractivity contribution is 8.04. The Hall–Kier alpha value is -3.51. The average Bonchev–Trinajstić information content (AvgIpc) is 3.01. The van der Waals surface area contributed by atoms with Crippen LogP contribution in [-0.4, -0.2) is 18.4 Å². The number of hydrogen-bond acceptors (Lipinski definition) is 5. The number of anilines is 2. The molecular formula is C26H24N2O3S. The Kier molecular flexibility index (Phi) is 6.32. The van der Waals surface area contributed by atoms with Crippen LogP contribution in [0.3, 0.4) is 0 Å². The summed E-state index contributed by atoms with van der Waals surface area (Å²) in [5.41, 5.74) is 3.78. The second-order valence-electron chi connectivity index (χ2n) is 7.48. The van der Waals surface area contributed by atoms with Crippen molar-refractivity contribution in [3.8, 4) is 5.75 Å². The molecule has 1 heterocycles. The third-order valence-electron chi connectivity index (χ3n) is 5.01. The van der Waals surface area contributed by atoms with E-state index in [1.165, 1.54) is 16.7 Å². The van der Waals surface area contributed by atoms with Crippen molar-refractivity contribution in [3.63, 3.8) is 0 Å². The number of benzene rings is 3. The lowest BCUT2D eigenvalue weighted by Crippen LogP contribution is -2.32. The van der Waals surface area contributed by atoms with Gasteiger partial charge < -0.3 is 10.1 Å². The van der Waals surface area contributed by atoms with Gasteiger partial charge >= 0.3 is 0 Å². The van der Waals surface area contributed by atoms with Crippen molar-refractivity contribution in [1.29, 1.82) is 0 Å². The Bertz CT molecular complexity index is 1100. The molecule has 0 atom stereocenters. The molecular weight excluding hydrogens is 420 g/mol. The molecule has 6 heteroatoms. The number of rotatable bonds is 7. The number of aryl methyl sites for hydroxylation is 2. The number of imide groups is 1. The summed E-state index contributed by atoms with van der Waals surface area (Å²) in [6.45, 7) is 6.46. The van der Waals surface area contributed by atoms with E-state index in [9.17, 15) is 9.59 Å². The molecule has 0 aromatic heterocycles. The minimum Gasteiger partial charge on any atom is -0.494 e. The second kappa shape index (κ2) is 9.32. The number of nitrogens with zero attached hydrogens (tertiary/aromatic N) is 1. The van der Waals surface area contributed by atoms with Crippen LogP contribution < -0.4 is 15.0 Å². The number of hydrogen-bond donors (Lipinski definition) is 1. The van der Waals surface area contributed by atoms with E-state index in [0.29, 0.717) is 22.9 Å². The van der Waals surface area contributed by atoms with E-state index < -0.39 is 0 Å². The lowest BCUT2D eigenvalue weighted by molar-refractivity contribution is -0.120. The maximum atomic E-state index is 13.4. The van der Waals surface area contributed by atoms with Gasteiger partial charge in [0.2, 0.25) is 0 Å². The summed E-state index contributed by atoms with van der Waals surface area (Å²) in [6, 6.07) is 22.6. The van der Waals surface area contributed by atoms with Gasteiger partial charge in [0.1, 0.15) is 16.4 Å². The summed E-state index contributed by atoms with van der Waals surface area (Å²) < 4.78 is 5.48. The number of carbonyl (C=O) groups is 2. The first-order valence-electron chi connectivity index (χ1n) is 10.4. The molecule has 3 aromatic carbocycles. The van der Waals surface area contributed by atoms with Crippen molar-refractivity contribution in [2.45, 2.75) is 25.7 Å². The van der Waals surface area contributed by atoms with Gasteiger partial charge in [0, 0.05) is 10.6 Å². The molecule has 32 heavy (non-hydrogen) atoms. The molecule has 0 saturated carbocycles. The standard InChI is InChI=1S/C26H24N2O3S/c1-4-31-21-13-11-20(12-14-21)28-25(29)23(27-19-9-5-17(2)6-10-19)24(26(28)30)32-22-15-7-18(3)8-16-22/h5-16,27H,4H2,1-3H3. The molecule has 0 spiro atoms. The van der Waals surface area contributed by atoms with Crippen molar-refractivity contribution in [1.82, 2.24) is 0 Å². The zero-order valence-electron chi connectivity index (χ0n) is 18.2. The van der Waals surface area contributed by atoms with E-state index >= 15 is 0 Å². The summed E-state index contributed by atoms with van der Waals surface area (Å²) in [4.78, 5) is 29.3. The smallest absolute Gasteiger partial charge is 0.283 e. The number of carbonyl (C=O) groups excluding carboxylic acids is 2. The molecule has 162 valence electrons. The maximum Gasteiger partial charge on any atom is 0.283 e. The van der Waals surface area contributed by atoms with Gasteiger partial charge in [-0.1, -0.05) is 47.2 Å². The minimum absolute atomic E-state index is 0.276. The van der Waals surface area contributed by atoms with Gasteiger partial charge in [0.05, 0.1) is 12.3 Å². The van der Waals surface area contributed by atoms with Crippen LogP contribution in [0, 0.1) is 13.8 Å². The molecule has 1 aliphatic rings. The average molecular weight is 445 g/mol. The predicted molar refractivity (Wildman–Crippen MR) is 129 cm³/mol. The van der Waals surface area contributed by atoms with Crippen LogP contribution in [0.2, 0.25) is 0 Å². The molecule has 3 aromatic rings. The van der Waals surface area contributed by atoms with E-state index in [-0.39, 0.29) is 17.5 Å². The summed E-state index contributed by atoms with van der Waals surface area (Å²) in [6.07, 6.45) is 0. The Morgan fingerprint density at radius 1 is 0.812 bits per heavy atom. The highest BCUT2D eigenvalue weighted by Gasteiger charge is 2.40. The van der Waals surface area contributed by atoms with Gasteiger partial charge in [-0.2, -0.15) is 0 Å². The highest BCUT2D eigenvalue weighted by atomic mass is 32.2. The van der Waals surface area contributed by atoms with Gasteiger partial charge in [-0.3, -0.25) is 9.59 Å². The van der Waals surface area contributed by atoms with E-state index in [1.54, 1.807) is 24.3 Å². The first-order valence-corrected chi connectivity index (χ1v) is 11.2. The Labute approximate surface area is 192 Å². The lowest BCUT2D eigenvalue weighted by Gasteiger charge is -2.16. The van der Waals surface area contributed by atoms with Crippen LogP contribution in [0.25, 0.3) is 0 Å². The van der Waals surface area contributed by atoms with Crippen LogP contribution in [0.5, 0.6) is 5.75 Å². The molecule has 0 fully saturated rings. The monoisotopic (exact) mass is 444 g/mol. The summed E-state index contributed by atoms with van der Waals surface area (Å²) in [5.74, 6) is -0.0377. The van der Waals surface area contributed by atoms with Gasteiger partial charge in [-0.05, 0) is 69.3 Å². The van der Waals surface area contributed by atoms with E-state index in [4.69, 9.17) is 4.74 Å². The number of amides is 2. The van der Waals surface area contributed by atoms with Gasteiger partial charge in [0.15, 0.2) is 0 Å². The van der Waals surface area contributed by atoms with Crippen LogP contribution in [0.1, 0.15) is 18.1 Å². The van der Waals surface area contributed by atoms with Crippen LogP contribution in [-0.2, 0) is 9.59 Å². The molecule has 1 N–H and O–H groups in total. The van der Waals surface area contributed by atoms with Crippen molar-refractivity contribution in [3.05, 3.63) is 94.5 Å². The van der Waals surface area contributed by atoms with Crippen LogP contribution in [0.15, 0.2) is 88.3 Å². The molecule has 0 radical (unpaired) electrons. The Morgan fingerprint density at radius 2 is 1.41 bits per heavy atom. The molecule has 1 aliphatic heterocycles. The topological polar surface area (TPSA) is 58.6 Å². The highest BCUT2D eigenvalue weighted by Crippen LogP contribution is 2.38. The van der Waals surface area contributed by atoms with Crippen molar-refractivity contribution in [2.75, 3.05) is 16.8 Å². The molecule has 2 amide bonds. The van der Waals surface area contributed by atoms with E-state index in [0.717, 1.165) is 21.7 Å². The molecule has 0 unspecified atom stereocenters. The largest absolute Gasteiger partial charge is 0.494 e. The fourth-order valence-corrected chi connectivity index (χ4v) is 4.24. The van der Waals surface area contributed by atoms with Crippen molar-refractivity contribution < 1.29 is 14.3 Å². The Balaban J connectivity index is 1.69. The molecule has 0 bridgehead atoms. The fraction of sp³-hybridized carbons (Fsp3) is 0.154. The third-order valence-corrected chi connectivity index (χ3v) is 6.10. The van der Waals surface area contributed by atoms with Gasteiger partial charge in [0.25, 0.3) is 11.8 Å². The molecule has 0 aliphatic carbocycles. The summed E-state index contributed by atoms with van der Waals surface area (Å²) in [5, 5.41) is 3.18. The zero-order chi connectivity index (χ0) is 22.7.